The molecule has 0 aliphatic rings. The van der Waals surface area contributed by atoms with E-state index in [1.54, 1.807) is 0 Å². The molecule has 1 amide bonds. The van der Waals surface area contributed by atoms with Gasteiger partial charge in [-0.15, -0.1) is 0 Å². The molecule has 0 heterocycles. The van der Waals surface area contributed by atoms with E-state index in [2.05, 4.69) is 42.4 Å². The van der Waals surface area contributed by atoms with Gasteiger partial charge in [-0.25, -0.2) is 0 Å². The van der Waals surface area contributed by atoms with Gasteiger partial charge < -0.3 is 20.4 Å². The van der Waals surface area contributed by atoms with E-state index >= 15 is 0 Å². The van der Waals surface area contributed by atoms with Crippen molar-refractivity contribution in [3.05, 3.63) is 0 Å². The minimum Gasteiger partial charge on any atom is -0.370 e. The lowest BCUT2D eigenvalue weighted by atomic mass is 10.2. The zero-order valence-electron chi connectivity index (χ0n) is 15.3. The third-order valence-corrected chi connectivity index (χ3v) is 4.36. The molecular weight excluding hydrogens is 276 g/mol. The number of rotatable bonds is 15. The highest BCUT2D eigenvalue weighted by atomic mass is 16.1. The first-order valence-corrected chi connectivity index (χ1v) is 9.02. The van der Waals surface area contributed by atoms with E-state index in [9.17, 15) is 4.79 Å². The van der Waals surface area contributed by atoms with Crippen LogP contribution in [0.25, 0.3) is 0 Å². The number of nitrogens with zero attached hydrogens (tertiary/aromatic N) is 3. The Morgan fingerprint density at radius 1 is 0.682 bits per heavy atom. The van der Waals surface area contributed by atoms with E-state index in [0.717, 1.165) is 71.7 Å². The normalized spacial score (nSPS) is 11.8. The van der Waals surface area contributed by atoms with Crippen molar-refractivity contribution in [3.8, 4) is 0 Å². The first-order valence-electron chi connectivity index (χ1n) is 9.02. The number of hydrogen-bond donors (Lipinski definition) is 1. The highest BCUT2D eigenvalue weighted by Gasteiger charge is 2.08. The Morgan fingerprint density at radius 2 is 1.05 bits per heavy atom. The van der Waals surface area contributed by atoms with Crippen molar-refractivity contribution >= 4 is 5.91 Å². The summed E-state index contributed by atoms with van der Waals surface area (Å²) in [4.78, 5) is 18.3. The van der Waals surface area contributed by atoms with Gasteiger partial charge >= 0.3 is 0 Å². The maximum atomic E-state index is 11.0. The molecule has 22 heavy (non-hydrogen) atoms. The smallest absolute Gasteiger partial charge is 0.218 e. The van der Waals surface area contributed by atoms with Crippen molar-refractivity contribution in [2.45, 2.75) is 47.0 Å². The van der Waals surface area contributed by atoms with Crippen LogP contribution in [0.5, 0.6) is 0 Å². The van der Waals surface area contributed by atoms with Crippen LogP contribution in [0.2, 0.25) is 0 Å². The first-order chi connectivity index (χ1) is 10.6. The van der Waals surface area contributed by atoms with Gasteiger partial charge in [0.1, 0.15) is 0 Å². The highest BCUT2D eigenvalue weighted by Crippen LogP contribution is 2.00. The van der Waals surface area contributed by atoms with Crippen molar-refractivity contribution in [1.29, 1.82) is 0 Å². The van der Waals surface area contributed by atoms with E-state index in [-0.39, 0.29) is 5.91 Å². The predicted molar refractivity (Wildman–Crippen MR) is 95.1 cm³/mol. The predicted octanol–water partition coefficient (Wildman–Crippen LogP) is 1.63. The minimum absolute atomic E-state index is 0.197. The quantitative estimate of drug-likeness (QED) is 0.499. The van der Waals surface area contributed by atoms with Gasteiger partial charge in [0.2, 0.25) is 5.91 Å². The molecule has 132 valence electrons. The molecule has 0 saturated carbocycles. The van der Waals surface area contributed by atoms with Crippen LogP contribution in [-0.4, -0.2) is 79.5 Å². The minimum atomic E-state index is -0.197. The third-order valence-electron chi connectivity index (χ3n) is 4.36. The van der Waals surface area contributed by atoms with Crippen LogP contribution in [0.4, 0.5) is 0 Å². The highest BCUT2D eigenvalue weighted by molar-refractivity contribution is 5.73. The Morgan fingerprint density at radius 3 is 1.36 bits per heavy atom. The second-order valence-corrected chi connectivity index (χ2v) is 5.82. The number of hydrogen-bond acceptors (Lipinski definition) is 4. The van der Waals surface area contributed by atoms with Gasteiger partial charge in [0, 0.05) is 13.0 Å². The number of carbonyl (C=O) groups excluding carboxylic acids is 1. The molecule has 2 N–H and O–H groups in total. The standard InChI is InChI=1S/C17H38N4O/c1-5-19(6-2)12-9-14-21(16-11-17(18)22)15-10-13-20(7-3)8-4/h5-16H2,1-4H3,(H2,18,22). The third kappa shape index (κ3) is 11.0. The van der Waals surface area contributed by atoms with Gasteiger partial charge in [0.15, 0.2) is 0 Å². The fourth-order valence-corrected chi connectivity index (χ4v) is 2.72. The number of amides is 1. The molecule has 0 aliphatic carbocycles. The molecule has 0 unspecified atom stereocenters. The van der Waals surface area contributed by atoms with Gasteiger partial charge in [-0.2, -0.15) is 0 Å². The average Bonchev–Trinajstić information content (AvgIpc) is 2.52. The molecular formula is C17H38N4O. The molecule has 0 saturated heterocycles. The van der Waals surface area contributed by atoms with E-state index in [0.29, 0.717) is 6.42 Å². The van der Waals surface area contributed by atoms with Crippen LogP contribution in [0.3, 0.4) is 0 Å². The second-order valence-electron chi connectivity index (χ2n) is 5.82. The molecule has 0 bridgehead atoms. The SMILES string of the molecule is CCN(CC)CCCN(CCCN(CC)CC)CCC(N)=O. The summed E-state index contributed by atoms with van der Waals surface area (Å²) < 4.78 is 0. The Bertz CT molecular complexity index is 247. The fraction of sp³-hybridized carbons (Fsp3) is 0.941. The maximum absolute atomic E-state index is 11.0. The summed E-state index contributed by atoms with van der Waals surface area (Å²) in [5.74, 6) is -0.197. The van der Waals surface area contributed by atoms with E-state index in [1.165, 1.54) is 0 Å². The summed E-state index contributed by atoms with van der Waals surface area (Å²) in [5, 5.41) is 0. The average molecular weight is 315 g/mol. The Balaban J connectivity index is 4.10. The number of nitrogens with two attached hydrogens (primary N) is 1. The van der Waals surface area contributed by atoms with Crippen molar-refractivity contribution in [2.75, 3.05) is 58.9 Å². The topological polar surface area (TPSA) is 52.8 Å². The lowest BCUT2D eigenvalue weighted by Gasteiger charge is -2.25. The van der Waals surface area contributed by atoms with Crippen LogP contribution in [0, 0.1) is 0 Å². The van der Waals surface area contributed by atoms with Crippen LogP contribution in [-0.2, 0) is 4.79 Å². The molecule has 0 aromatic heterocycles. The van der Waals surface area contributed by atoms with Crippen LogP contribution >= 0.6 is 0 Å². The summed E-state index contributed by atoms with van der Waals surface area (Å²) in [7, 11) is 0. The zero-order chi connectivity index (χ0) is 16.8. The summed E-state index contributed by atoms with van der Waals surface area (Å²) in [6.45, 7) is 18.5. The molecule has 0 atom stereocenters. The summed E-state index contributed by atoms with van der Waals surface area (Å²) in [6, 6.07) is 0. The van der Waals surface area contributed by atoms with Crippen LogP contribution in [0.1, 0.15) is 47.0 Å². The molecule has 0 aromatic rings. The first kappa shape index (κ1) is 21.4. The van der Waals surface area contributed by atoms with Crippen molar-refractivity contribution in [2.24, 2.45) is 5.73 Å². The van der Waals surface area contributed by atoms with E-state index in [4.69, 9.17) is 5.73 Å². The molecule has 0 fully saturated rings. The van der Waals surface area contributed by atoms with Gasteiger partial charge in [-0.05, 0) is 65.2 Å². The molecule has 5 nitrogen and oxygen atoms in total. The van der Waals surface area contributed by atoms with Crippen molar-refractivity contribution in [3.63, 3.8) is 0 Å². The Hall–Kier alpha value is -0.650. The second kappa shape index (κ2) is 14.0. The summed E-state index contributed by atoms with van der Waals surface area (Å²) in [6.07, 6.45) is 2.79. The lowest BCUT2D eigenvalue weighted by Crippen LogP contribution is -2.34. The van der Waals surface area contributed by atoms with Crippen molar-refractivity contribution in [1.82, 2.24) is 14.7 Å². The Labute approximate surface area is 137 Å². The molecule has 0 aliphatic heterocycles. The fourth-order valence-electron chi connectivity index (χ4n) is 2.72. The van der Waals surface area contributed by atoms with Gasteiger partial charge in [-0.1, -0.05) is 27.7 Å². The molecule has 5 heteroatoms. The molecule has 0 radical (unpaired) electrons. The summed E-state index contributed by atoms with van der Waals surface area (Å²) in [5.41, 5.74) is 5.30. The Kier molecular flexibility index (Phi) is 13.6. The van der Waals surface area contributed by atoms with E-state index in [1.807, 2.05) is 0 Å². The van der Waals surface area contributed by atoms with Crippen LogP contribution < -0.4 is 5.73 Å². The van der Waals surface area contributed by atoms with Gasteiger partial charge in [0.05, 0.1) is 0 Å². The number of primary amides is 1. The summed E-state index contributed by atoms with van der Waals surface area (Å²) >= 11 is 0. The van der Waals surface area contributed by atoms with Gasteiger partial charge in [0.25, 0.3) is 0 Å². The molecule has 0 rings (SSSR count). The van der Waals surface area contributed by atoms with Crippen LogP contribution in [0.15, 0.2) is 0 Å². The molecule has 0 aromatic carbocycles. The largest absolute Gasteiger partial charge is 0.370 e. The lowest BCUT2D eigenvalue weighted by molar-refractivity contribution is -0.118. The number of carbonyl (C=O) groups is 1. The zero-order valence-corrected chi connectivity index (χ0v) is 15.3. The van der Waals surface area contributed by atoms with Crippen molar-refractivity contribution < 1.29 is 4.79 Å². The maximum Gasteiger partial charge on any atom is 0.218 e. The monoisotopic (exact) mass is 314 g/mol. The van der Waals surface area contributed by atoms with Gasteiger partial charge in [-0.3, -0.25) is 4.79 Å². The van der Waals surface area contributed by atoms with E-state index < -0.39 is 0 Å². The molecule has 0 spiro atoms.